The Hall–Kier alpha value is -1.47. The first-order valence-electron chi connectivity index (χ1n) is 10.1. The lowest BCUT2D eigenvalue weighted by atomic mass is 10.0. The Bertz CT molecular complexity index is 709. The summed E-state index contributed by atoms with van der Waals surface area (Å²) in [4.78, 5) is 13.1. The minimum Gasteiger partial charge on any atom is -0.478 e. The summed E-state index contributed by atoms with van der Waals surface area (Å²) in [6, 6.07) is 6.44. The van der Waals surface area contributed by atoms with Crippen molar-refractivity contribution >= 4 is 20.4 Å². The molecule has 156 valence electrons. The maximum Gasteiger partial charge on any atom is 0.328 e. The molecule has 0 bridgehead atoms. The Morgan fingerprint density at radius 1 is 1.32 bits per heavy atom. The minimum atomic E-state index is -1.78. The number of aliphatic hydroxyl groups excluding tert-OH is 1. The number of benzene rings is 1. The lowest BCUT2D eigenvalue weighted by molar-refractivity contribution is -0.131. The maximum absolute atomic E-state index is 10.7. The first-order chi connectivity index (χ1) is 13.0. The van der Waals surface area contributed by atoms with Crippen molar-refractivity contribution in [2.75, 3.05) is 26.3 Å². The number of aryl methyl sites for hydroxylation is 1. The van der Waals surface area contributed by atoms with Crippen LogP contribution in [0.1, 0.15) is 49.9 Å². The number of carbonyl (C=O) groups is 1. The topological polar surface area (TPSA) is 70.0 Å². The number of hydrogen-bond donors (Lipinski definition) is 2. The van der Waals surface area contributed by atoms with Gasteiger partial charge in [0, 0.05) is 31.8 Å². The second-order valence-corrected chi connectivity index (χ2v) is 13.9. The third-order valence-corrected chi connectivity index (χ3v) is 10.6. The van der Waals surface area contributed by atoms with Crippen LogP contribution in [0.3, 0.4) is 0 Å². The zero-order valence-electron chi connectivity index (χ0n) is 17.9. The number of aliphatic hydroxyl groups is 1. The second-order valence-electron chi connectivity index (χ2n) is 9.05. The van der Waals surface area contributed by atoms with E-state index in [9.17, 15) is 9.90 Å². The Morgan fingerprint density at radius 2 is 2.04 bits per heavy atom. The highest BCUT2D eigenvalue weighted by Crippen LogP contribution is 2.38. The monoisotopic (exact) mass is 405 g/mol. The molecule has 2 N–H and O–H groups in total. The standard InChI is InChI=1S/C22H35NO4Si/c1-22(2,3)28(4,5)27-15-13-23(12-14-24)20-10-8-18-16-17(6-9-19(18)20)7-11-21(25)26/h6-7,9,11,16,20,24H,8,10,12-15H2,1-5H3,(H,25,26)/b11-7+. The minimum absolute atomic E-state index is 0.130. The molecule has 5 nitrogen and oxygen atoms in total. The fourth-order valence-corrected chi connectivity index (χ4v) is 4.49. The van der Waals surface area contributed by atoms with E-state index in [0.29, 0.717) is 13.2 Å². The molecule has 1 unspecified atom stereocenters. The van der Waals surface area contributed by atoms with Gasteiger partial charge in [-0.3, -0.25) is 4.90 Å². The molecule has 0 saturated heterocycles. The molecule has 6 heteroatoms. The molecule has 2 rings (SSSR count). The fourth-order valence-electron chi connectivity index (χ4n) is 3.45. The predicted molar refractivity (Wildman–Crippen MR) is 116 cm³/mol. The smallest absolute Gasteiger partial charge is 0.328 e. The first kappa shape index (κ1) is 22.8. The van der Waals surface area contributed by atoms with Gasteiger partial charge in [0.15, 0.2) is 8.32 Å². The first-order valence-corrected chi connectivity index (χ1v) is 13.0. The van der Waals surface area contributed by atoms with Crippen LogP contribution in [0.2, 0.25) is 18.1 Å². The molecule has 1 atom stereocenters. The number of fused-ring (bicyclic) bond motifs is 1. The molecule has 0 saturated carbocycles. The fraction of sp³-hybridized carbons (Fsp3) is 0.591. The Morgan fingerprint density at radius 3 is 2.64 bits per heavy atom. The van der Waals surface area contributed by atoms with Crippen LogP contribution >= 0.6 is 0 Å². The number of aliphatic carboxylic acids is 1. The van der Waals surface area contributed by atoms with E-state index in [1.165, 1.54) is 17.2 Å². The van der Waals surface area contributed by atoms with Gasteiger partial charge < -0.3 is 14.6 Å². The summed E-state index contributed by atoms with van der Waals surface area (Å²) >= 11 is 0. The number of carboxylic acid groups (broad SMARTS) is 1. The number of hydrogen-bond acceptors (Lipinski definition) is 4. The van der Waals surface area contributed by atoms with E-state index in [4.69, 9.17) is 9.53 Å². The zero-order chi connectivity index (χ0) is 20.9. The molecular weight excluding hydrogens is 370 g/mol. The molecule has 28 heavy (non-hydrogen) atoms. The lowest BCUT2D eigenvalue weighted by Gasteiger charge is -2.37. The molecular formula is C22H35NO4Si. The zero-order valence-corrected chi connectivity index (χ0v) is 18.9. The van der Waals surface area contributed by atoms with Crippen molar-refractivity contribution in [1.82, 2.24) is 4.90 Å². The van der Waals surface area contributed by atoms with Gasteiger partial charge in [-0.25, -0.2) is 4.79 Å². The van der Waals surface area contributed by atoms with Crippen molar-refractivity contribution in [3.63, 3.8) is 0 Å². The highest BCUT2D eigenvalue weighted by molar-refractivity contribution is 6.74. The molecule has 0 spiro atoms. The predicted octanol–water partition coefficient (Wildman–Crippen LogP) is 4.09. The van der Waals surface area contributed by atoms with E-state index in [2.05, 4.69) is 50.9 Å². The molecule has 0 heterocycles. The van der Waals surface area contributed by atoms with E-state index in [1.807, 2.05) is 6.07 Å². The van der Waals surface area contributed by atoms with Crippen molar-refractivity contribution < 1.29 is 19.4 Å². The summed E-state index contributed by atoms with van der Waals surface area (Å²) in [5.74, 6) is -0.936. The van der Waals surface area contributed by atoms with Gasteiger partial charge in [-0.1, -0.05) is 39.0 Å². The van der Waals surface area contributed by atoms with Crippen molar-refractivity contribution in [3.8, 4) is 0 Å². The quantitative estimate of drug-likeness (QED) is 0.478. The highest BCUT2D eigenvalue weighted by atomic mass is 28.4. The summed E-state index contributed by atoms with van der Waals surface area (Å²) < 4.78 is 6.34. The molecule has 1 aromatic carbocycles. The largest absolute Gasteiger partial charge is 0.478 e. The SMILES string of the molecule is CC(C)(C)[Si](C)(C)OCCN(CCO)C1CCc2cc(/C=C/C(=O)O)ccc21. The average molecular weight is 406 g/mol. The number of nitrogens with zero attached hydrogens (tertiary/aromatic N) is 1. The van der Waals surface area contributed by atoms with Crippen molar-refractivity contribution in [2.24, 2.45) is 0 Å². The van der Waals surface area contributed by atoms with Crippen molar-refractivity contribution in [3.05, 3.63) is 41.0 Å². The number of carboxylic acids is 1. The summed E-state index contributed by atoms with van der Waals surface area (Å²) in [7, 11) is -1.78. The van der Waals surface area contributed by atoms with Crippen LogP contribution in [-0.4, -0.2) is 55.7 Å². The van der Waals surface area contributed by atoms with E-state index in [0.717, 1.165) is 24.9 Å². The molecule has 0 amide bonds. The van der Waals surface area contributed by atoms with Crippen LogP contribution in [0.4, 0.5) is 0 Å². The van der Waals surface area contributed by atoms with Gasteiger partial charge in [0.25, 0.3) is 0 Å². The van der Waals surface area contributed by atoms with Gasteiger partial charge in [0.2, 0.25) is 0 Å². The van der Waals surface area contributed by atoms with Gasteiger partial charge in [-0.2, -0.15) is 0 Å². The normalized spacial score (nSPS) is 17.5. The van der Waals surface area contributed by atoms with Crippen LogP contribution < -0.4 is 0 Å². The lowest BCUT2D eigenvalue weighted by Crippen LogP contribution is -2.43. The van der Waals surface area contributed by atoms with Crippen LogP contribution in [0.5, 0.6) is 0 Å². The van der Waals surface area contributed by atoms with Gasteiger partial charge in [-0.15, -0.1) is 0 Å². The average Bonchev–Trinajstić information content (AvgIpc) is 3.01. The van der Waals surface area contributed by atoms with E-state index in [-0.39, 0.29) is 17.7 Å². The molecule has 0 radical (unpaired) electrons. The van der Waals surface area contributed by atoms with Crippen LogP contribution in [0.15, 0.2) is 24.3 Å². The van der Waals surface area contributed by atoms with E-state index in [1.54, 1.807) is 6.08 Å². The van der Waals surface area contributed by atoms with Gasteiger partial charge in [-0.05, 0) is 53.7 Å². The summed E-state index contributed by atoms with van der Waals surface area (Å²) in [6.07, 6.45) is 4.79. The van der Waals surface area contributed by atoms with Gasteiger partial charge in [0.05, 0.1) is 6.61 Å². The molecule has 1 aliphatic carbocycles. The molecule has 0 aliphatic heterocycles. The van der Waals surface area contributed by atoms with Crippen molar-refractivity contribution in [2.45, 2.75) is 57.8 Å². The third-order valence-electron chi connectivity index (χ3n) is 6.11. The van der Waals surface area contributed by atoms with E-state index < -0.39 is 14.3 Å². The molecule has 0 aromatic heterocycles. The molecule has 1 aromatic rings. The number of rotatable bonds is 9. The maximum atomic E-state index is 10.7. The summed E-state index contributed by atoms with van der Waals surface area (Å²) in [5.41, 5.74) is 3.47. The van der Waals surface area contributed by atoms with Crippen molar-refractivity contribution in [1.29, 1.82) is 0 Å². The molecule has 0 fully saturated rings. The Labute approximate surface area is 170 Å². The van der Waals surface area contributed by atoms with Crippen LogP contribution in [-0.2, 0) is 15.6 Å². The van der Waals surface area contributed by atoms with Gasteiger partial charge in [0.1, 0.15) is 0 Å². The Balaban J connectivity index is 2.07. The highest BCUT2D eigenvalue weighted by Gasteiger charge is 2.37. The van der Waals surface area contributed by atoms with E-state index >= 15 is 0 Å². The summed E-state index contributed by atoms with van der Waals surface area (Å²) in [5, 5.41) is 18.6. The summed E-state index contributed by atoms with van der Waals surface area (Å²) in [6.45, 7) is 13.5. The second kappa shape index (κ2) is 9.35. The van der Waals surface area contributed by atoms with Crippen LogP contribution in [0, 0.1) is 0 Å². The van der Waals surface area contributed by atoms with Gasteiger partial charge >= 0.3 is 5.97 Å². The third kappa shape index (κ3) is 5.77. The molecule has 1 aliphatic rings. The Kier molecular flexibility index (Phi) is 7.62. The van der Waals surface area contributed by atoms with Crippen LogP contribution in [0.25, 0.3) is 6.08 Å².